The molecule has 156 valence electrons. The van der Waals surface area contributed by atoms with Crippen molar-refractivity contribution < 1.29 is 9.59 Å². The Kier molecular flexibility index (Phi) is 6.16. The van der Waals surface area contributed by atoms with Gasteiger partial charge in [0.2, 0.25) is 5.91 Å². The van der Waals surface area contributed by atoms with E-state index in [9.17, 15) is 9.59 Å². The summed E-state index contributed by atoms with van der Waals surface area (Å²) >= 11 is 1.54. The molecular weight excluding hydrogens is 394 g/mol. The minimum Gasteiger partial charge on any atom is -0.335 e. The summed E-state index contributed by atoms with van der Waals surface area (Å²) in [5.74, 6) is 0.201. The number of amides is 2. The number of hydrogen-bond donors (Lipinski definition) is 0. The average molecular weight is 422 g/mol. The van der Waals surface area contributed by atoms with Gasteiger partial charge in [-0.15, -0.1) is 11.3 Å². The molecule has 0 N–H and O–H groups in total. The fraction of sp³-hybridized carbons (Fsp3) is 0.333. The van der Waals surface area contributed by atoms with Crippen molar-refractivity contribution in [1.82, 2.24) is 9.80 Å². The van der Waals surface area contributed by atoms with E-state index in [2.05, 4.69) is 23.1 Å². The fourth-order valence-corrected chi connectivity index (χ4v) is 4.85. The van der Waals surface area contributed by atoms with E-state index in [4.69, 9.17) is 0 Å². The van der Waals surface area contributed by atoms with Gasteiger partial charge in [0.05, 0.1) is 17.1 Å². The predicted octanol–water partition coefficient (Wildman–Crippen LogP) is 4.02. The van der Waals surface area contributed by atoms with Crippen LogP contribution in [0.3, 0.4) is 0 Å². The van der Waals surface area contributed by atoms with Gasteiger partial charge in [0, 0.05) is 43.0 Å². The van der Waals surface area contributed by atoms with Gasteiger partial charge in [-0.1, -0.05) is 36.4 Å². The van der Waals surface area contributed by atoms with E-state index in [1.807, 2.05) is 60.0 Å². The lowest BCUT2D eigenvalue weighted by atomic mass is 10.1. The van der Waals surface area contributed by atoms with Gasteiger partial charge >= 0.3 is 0 Å². The Bertz CT molecular complexity index is 1050. The summed E-state index contributed by atoms with van der Waals surface area (Å²) in [6.45, 7) is 7.77. The van der Waals surface area contributed by atoms with Gasteiger partial charge in [0.1, 0.15) is 0 Å². The third kappa shape index (κ3) is 4.25. The lowest BCUT2D eigenvalue weighted by Crippen LogP contribution is -2.51. The van der Waals surface area contributed by atoms with Gasteiger partial charge < -0.3 is 9.80 Å². The fourth-order valence-electron chi connectivity index (χ4n) is 4.02. The third-order valence-electron chi connectivity index (χ3n) is 5.64. The van der Waals surface area contributed by atoms with E-state index in [1.165, 1.54) is 0 Å². The number of carbonyl (C=O) groups is 2. The van der Waals surface area contributed by atoms with Crippen LogP contribution in [-0.4, -0.2) is 60.9 Å². The molecule has 2 heterocycles. The second kappa shape index (κ2) is 8.98. The summed E-state index contributed by atoms with van der Waals surface area (Å²) < 4.78 is 0. The van der Waals surface area contributed by atoms with Crippen molar-refractivity contribution in [2.24, 2.45) is 0 Å². The number of carbonyl (C=O) groups excluding carboxylic acids is 2. The standard InChI is InChI=1S/C24H27N3O2S/c1-3-27(21-10-6-8-19-7-4-5-9-20(19)21)23(28)17-25-13-15-26(16-14-25)24(29)22-12-11-18(2)30-22/h4-12H,3,13-17H2,1-2H3. The van der Waals surface area contributed by atoms with Crippen LogP contribution in [0.5, 0.6) is 0 Å². The Labute approximate surface area is 181 Å². The molecule has 0 bridgehead atoms. The van der Waals surface area contributed by atoms with Crippen molar-refractivity contribution in [2.45, 2.75) is 13.8 Å². The molecule has 5 nitrogen and oxygen atoms in total. The number of anilines is 1. The van der Waals surface area contributed by atoms with E-state index in [0.29, 0.717) is 26.2 Å². The summed E-state index contributed by atoms with van der Waals surface area (Å²) in [6.07, 6.45) is 0. The Morgan fingerprint density at radius 3 is 2.40 bits per heavy atom. The minimum atomic E-state index is 0.0995. The van der Waals surface area contributed by atoms with Crippen LogP contribution in [0.25, 0.3) is 10.8 Å². The van der Waals surface area contributed by atoms with Crippen LogP contribution in [0.4, 0.5) is 5.69 Å². The van der Waals surface area contributed by atoms with Crippen molar-refractivity contribution in [3.05, 3.63) is 64.4 Å². The third-order valence-corrected chi connectivity index (χ3v) is 6.63. The average Bonchev–Trinajstić information content (AvgIpc) is 3.21. The number of nitrogens with zero attached hydrogens (tertiary/aromatic N) is 3. The lowest BCUT2D eigenvalue weighted by molar-refractivity contribution is -0.120. The maximum atomic E-state index is 13.1. The largest absolute Gasteiger partial charge is 0.335 e. The predicted molar refractivity (Wildman–Crippen MR) is 123 cm³/mol. The summed E-state index contributed by atoms with van der Waals surface area (Å²) in [7, 11) is 0. The minimum absolute atomic E-state index is 0.0995. The second-order valence-electron chi connectivity index (χ2n) is 7.61. The molecule has 1 aliphatic rings. The molecule has 0 radical (unpaired) electrons. The first kappa shape index (κ1) is 20.6. The number of rotatable bonds is 5. The molecular formula is C24H27N3O2S. The summed E-state index contributed by atoms with van der Waals surface area (Å²) in [5.41, 5.74) is 0.961. The maximum absolute atomic E-state index is 13.1. The van der Waals surface area contributed by atoms with Gasteiger partial charge in [-0.05, 0) is 37.4 Å². The van der Waals surface area contributed by atoms with Crippen LogP contribution in [0, 0.1) is 6.92 Å². The number of fused-ring (bicyclic) bond motifs is 1. The molecule has 1 aromatic heterocycles. The number of thiophene rings is 1. The SMILES string of the molecule is CCN(C(=O)CN1CCN(C(=O)c2ccc(C)s2)CC1)c1cccc2ccccc12. The molecule has 30 heavy (non-hydrogen) atoms. The van der Waals surface area contributed by atoms with Crippen LogP contribution in [0.2, 0.25) is 0 Å². The van der Waals surface area contributed by atoms with Gasteiger partial charge in [0.15, 0.2) is 0 Å². The molecule has 2 amide bonds. The normalized spacial score (nSPS) is 14.8. The Morgan fingerprint density at radius 2 is 1.70 bits per heavy atom. The van der Waals surface area contributed by atoms with Crippen LogP contribution < -0.4 is 4.90 Å². The lowest BCUT2D eigenvalue weighted by Gasteiger charge is -2.35. The highest BCUT2D eigenvalue weighted by Gasteiger charge is 2.26. The van der Waals surface area contributed by atoms with E-state index in [0.717, 1.165) is 39.3 Å². The van der Waals surface area contributed by atoms with E-state index in [-0.39, 0.29) is 11.8 Å². The second-order valence-corrected chi connectivity index (χ2v) is 8.90. The molecule has 2 aromatic carbocycles. The number of piperazine rings is 1. The highest BCUT2D eigenvalue weighted by atomic mass is 32.1. The molecule has 0 spiro atoms. The van der Waals surface area contributed by atoms with Crippen LogP contribution in [0.1, 0.15) is 21.5 Å². The van der Waals surface area contributed by atoms with Gasteiger partial charge in [-0.25, -0.2) is 0 Å². The molecule has 0 saturated carbocycles. The van der Waals surface area contributed by atoms with E-state index in [1.54, 1.807) is 11.3 Å². The Hall–Kier alpha value is -2.70. The monoisotopic (exact) mass is 421 g/mol. The first-order chi connectivity index (χ1) is 14.6. The first-order valence-electron chi connectivity index (χ1n) is 10.4. The molecule has 1 saturated heterocycles. The topological polar surface area (TPSA) is 43.9 Å². The zero-order chi connectivity index (χ0) is 21.1. The highest BCUT2D eigenvalue weighted by Crippen LogP contribution is 2.27. The van der Waals surface area contributed by atoms with Gasteiger partial charge in [0.25, 0.3) is 5.91 Å². The van der Waals surface area contributed by atoms with Gasteiger partial charge in [-0.3, -0.25) is 14.5 Å². The molecule has 4 rings (SSSR count). The maximum Gasteiger partial charge on any atom is 0.264 e. The Morgan fingerprint density at radius 1 is 0.967 bits per heavy atom. The molecule has 0 aliphatic carbocycles. The van der Waals surface area contributed by atoms with Crippen molar-refractivity contribution in [1.29, 1.82) is 0 Å². The highest BCUT2D eigenvalue weighted by molar-refractivity contribution is 7.13. The van der Waals surface area contributed by atoms with Crippen LogP contribution in [0.15, 0.2) is 54.6 Å². The number of likely N-dealkylation sites (N-methyl/N-ethyl adjacent to an activating group) is 1. The zero-order valence-corrected chi connectivity index (χ0v) is 18.3. The molecule has 1 fully saturated rings. The summed E-state index contributed by atoms with van der Waals surface area (Å²) in [6, 6.07) is 18.1. The summed E-state index contributed by atoms with van der Waals surface area (Å²) in [4.78, 5) is 33.6. The molecule has 6 heteroatoms. The van der Waals surface area contributed by atoms with Crippen molar-refractivity contribution in [3.8, 4) is 0 Å². The molecule has 3 aromatic rings. The van der Waals surface area contributed by atoms with E-state index < -0.39 is 0 Å². The van der Waals surface area contributed by atoms with Crippen molar-refractivity contribution in [3.63, 3.8) is 0 Å². The zero-order valence-electron chi connectivity index (χ0n) is 17.5. The van der Waals surface area contributed by atoms with E-state index >= 15 is 0 Å². The first-order valence-corrected chi connectivity index (χ1v) is 11.2. The number of benzene rings is 2. The Balaban J connectivity index is 1.39. The van der Waals surface area contributed by atoms with Crippen molar-refractivity contribution >= 4 is 39.6 Å². The molecule has 0 atom stereocenters. The molecule has 0 unspecified atom stereocenters. The smallest absolute Gasteiger partial charge is 0.264 e. The number of hydrogen-bond acceptors (Lipinski definition) is 4. The molecule has 1 aliphatic heterocycles. The van der Waals surface area contributed by atoms with Crippen LogP contribution >= 0.6 is 11.3 Å². The van der Waals surface area contributed by atoms with Crippen molar-refractivity contribution in [2.75, 3.05) is 44.2 Å². The van der Waals surface area contributed by atoms with Crippen LogP contribution in [-0.2, 0) is 4.79 Å². The van der Waals surface area contributed by atoms with Gasteiger partial charge in [-0.2, -0.15) is 0 Å². The number of aryl methyl sites for hydroxylation is 1. The quantitative estimate of drug-likeness (QED) is 0.625. The summed E-state index contributed by atoms with van der Waals surface area (Å²) in [5, 5.41) is 2.23.